The number of anilines is 2. The normalized spacial score (nSPS) is 10.5. The van der Waals surface area contributed by atoms with Crippen LogP contribution in [0.1, 0.15) is 5.56 Å². The Morgan fingerprint density at radius 1 is 1.04 bits per heavy atom. The number of hydrogen-bond donors (Lipinski definition) is 1. The van der Waals surface area contributed by atoms with Crippen molar-refractivity contribution in [1.82, 2.24) is 9.97 Å². The molecule has 1 aromatic carbocycles. The second kappa shape index (κ2) is 8.46. The van der Waals surface area contributed by atoms with Crippen molar-refractivity contribution in [1.29, 1.82) is 5.41 Å². The van der Waals surface area contributed by atoms with Crippen molar-refractivity contribution in [2.45, 2.75) is 6.92 Å². The Morgan fingerprint density at radius 2 is 1.82 bits per heavy atom. The van der Waals surface area contributed by atoms with Crippen LogP contribution in [0.25, 0.3) is 0 Å². The molecule has 28 heavy (non-hydrogen) atoms. The lowest BCUT2D eigenvalue weighted by Gasteiger charge is -2.28. The highest BCUT2D eigenvalue weighted by Crippen LogP contribution is 2.28. The fraction of sp³-hybridized carbons (Fsp3) is 0.150. The van der Waals surface area contributed by atoms with E-state index in [0.29, 0.717) is 27.5 Å². The number of aryl methyl sites for hydroxylation is 1. The molecule has 6 nitrogen and oxygen atoms in total. The van der Waals surface area contributed by atoms with Crippen molar-refractivity contribution in [3.05, 3.63) is 70.5 Å². The molecule has 0 amide bonds. The Kier molecular flexibility index (Phi) is 6.02. The van der Waals surface area contributed by atoms with E-state index in [9.17, 15) is 0 Å². The van der Waals surface area contributed by atoms with E-state index in [1.807, 2.05) is 19.1 Å². The lowest BCUT2D eigenvalue weighted by Crippen LogP contribution is -2.40. The van der Waals surface area contributed by atoms with Gasteiger partial charge in [-0.1, -0.05) is 23.2 Å². The molecule has 0 aliphatic carbocycles. The average Bonchev–Trinajstić information content (AvgIpc) is 2.68. The molecule has 0 bridgehead atoms. The van der Waals surface area contributed by atoms with E-state index in [1.54, 1.807) is 66.6 Å². The van der Waals surface area contributed by atoms with Gasteiger partial charge in [0, 0.05) is 32.0 Å². The Bertz CT molecular complexity index is 997. The molecular weight excluding hydrogens is 397 g/mol. The third-order valence-corrected chi connectivity index (χ3v) is 4.80. The van der Waals surface area contributed by atoms with Gasteiger partial charge >= 0.3 is 0 Å². The molecule has 0 saturated heterocycles. The van der Waals surface area contributed by atoms with Crippen LogP contribution in [-0.2, 0) is 0 Å². The van der Waals surface area contributed by atoms with Gasteiger partial charge < -0.3 is 9.64 Å². The van der Waals surface area contributed by atoms with E-state index >= 15 is 0 Å². The molecule has 144 valence electrons. The Hall–Kier alpha value is -2.83. The summed E-state index contributed by atoms with van der Waals surface area (Å²) in [5.74, 6) is 1.82. The van der Waals surface area contributed by atoms with Gasteiger partial charge in [-0.3, -0.25) is 15.3 Å². The third-order valence-electron chi connectivity index (χ3n) is 4.06. The fourth-order valence-electron chi connectivity index (χ4n) is 2.52. The van der Waals surface area contributed by atoms with E-state index in [0.717, 1.165) is 11.3 Å². The molecule has 0 aliphatic heterocycles. The number of aromatic nitrogens is 2. The second-order valence-corrected chi connectivity index (χ2v) is 6.99. The van der Waals surface area contributed by atoms with E-state index in [2.05, 4.69) is 9.97 Å². The molecule has 0 saturated carbocycles. The zero-order chi connectivity index (χ0) is 20.3. The first kappa shape index (κ1) is 19.9. The Morgan fingerprint density at radius 3 is 2.50 bits per heavy atom. The third kappa shape index (κ3) is 4.52. The SMILES string of the molecule is Cc1cc(Oc2cccnc2)nc(N(C)C(=N)N(C)c2ccc(Cl)c(Cl)c2)c1. The van der Waals surface area contributed by atoms with Crippen LogP contribution in [-0.4, -0.2) is 30.0 Å². The van der Waals surface area contributed by atoms with E-state index in [1.165, 1.54) is 0 Å². The fourth-order valence-corrected chi connectivity index (χ4v) is 2.81. The summed E-state index contributed by atoms with van der Waals surface area (Å²) in [4.78, 5) is 11.9. The molecule has 0 atom stereocenters. The predicted molar refractivity (Wildman–Crippen MR) is 114 cm³/mol. The van der Waals surface area contributed by atoms with Gasteiger partial charge in [-0.05, 0) is 48.9 Å². The molecule has 0 spiro atoms. The van der Waals surface area contributed by atoms with Crippen molar-refractivity contribution in [3.8, 4) is 11.6 Å². The first-order valence-corrected chi connectivity index (χ1v) is 9.18. The molecule has 0 fully saturated rings. The standard InChI is InChI=1S/C20H19Cl2N5O/c1-13-9-18(25-19(10-13)28-15-5-4-8-24-12-15)27(3)20(23)26(2)14-6-7-16(21)17(22)11-14/h4-12,23H,1-3H3. The highest BCUT2D eigenvalue weighted by molar-refractivity contribution is 6.42. The number of nitrogens with zero attached hydrogens (tertiary/aromatic N) is 4. The number of pyridine rings is 2. The van der Waals surface area contributed by atoms with Gasteiger partial charge in [-0.25, -0.2) is 0 Å². The largest absolute Gasteiger partial charge is 0.437 e. The lowest BCUT2D eigenvalue weighted by molar-refractivity contribution is 0.460. The summed E-state index contributed by atoms with van der Waals surface area (Å²) in [7, 11) is 3.55. The summed E-state index contributed by atoms with van der Waals surface area (Å²) < 4.78 is 5.79. The van der Waals surface area contributed by atoms with Crippen molar-refractivity contribution in [2.24, 2.45) is 0 Å². The van der Waals surface area contributed by atoms with Crippen LogP contribution < -0.4 is 14.5 Å². The Balaban J connectivity index is 1.83. The molecular formula is C20H19Cl2N5O. The van der Waals surface area contributed by atoms with Gasteiger partial charge in [-0.2, -0.15) is 4.98 Å². The maximum Gasteiger partial charge on any atom is 0.221 e. The van der Waals surface area contributed by atoms with E-state index < -0.39 is 0 Å². The average molecular weight is 416 g/mol. The van der Waals surface area contributed by atoms with Crippen molar-refractivity contribution in [2.75, 3.05) is 23.9 Å². The number of ether oxygens (including phenoxy) is 1. The molecule has 2 aromatic heterocycles. The zero-order valence-corrected chi connectivity index (χ0v) is 17.2. The number of benzene rings is 1. The number of halogens is 2. The maximum absolute atomic E-state index is 8.55. The van der Waals surface area contributed by atoms with Gasteiger partial charge in [0.1, 0.15) is 11.6 Å². The molecule has 1 N–H and O–H groups in total. The highest BCUT2D eigenvalue weighted by atomic mass is 35.5. The van der Waals surface area contributed by atoms with Crippen molar-refractivity contribution < 1.29 is 4.74 Å². The minimum atomic E-state index is 0.212. The number of guanidine groups is 1. The molecule has 0 radical (unpaired) electrons. The topological polar surface area (TPSA) is 65.3 Å². The van der Waals surface area contributed by atoms with Crippen LogP contribution >= 0.6 is 23.2 Å². The van der Waals surface area contributed by atoms with Crippen LogP contribution in [0.4, 0.5) is 11.5 Å². The maximum atomic E-state index is 8.55. The van der Waals surface area contributed by atoms with Gasteiger partial charge in [0.05, 0.1) is 16.2 Å². The summed E-state index contributed by atoms with van der Waals surface area (Å²) >= 11 is 12.1. The quantitative estimate of drug-likeness (QED) is 0.456. The first-order chi connectivity index (χ1) is 13.3. The summed E-state index contributed by atoms with van der Waals surface area (Å²) in [6.45, 7) is 1.95. The monoisotopic (exact) mass is 415 g/mol. The molecule has 2 heterocycles. The molecule has 0 unspecified atom stereocenters. The summed E-state index contributed by atoms with van der Waals surface area (Å²) in [6, 6.07) is 12.5. The van der Waals surface area contributed by atoms with Gasteiger partial charge in [0.15, 0.2) is 0 Å². The Labute approximate surface area is 173 Å². The summed E-state index contributed by atoms with van der Waals surface area (Å²) in [6.07, 6.45) is 3.30. The van der Waals surface area contributed by atoms with E-state index in [-0.39, 0.29) is 5.96 Å². The van der Waals surface area contributed by atoms with E-state index in [4.69, 9.17) is 33.3 Å². The van der Waals surface area contributed by atoms with Gasteiger partial charge in [0.25, 0.3) is 0 Å². The lowest BCUT2D eigenvalue weighted by atomic mass is 10.2. The number of hydrogen-bond acceptors (Lipinski definition) is 4. The van der Waals surface area contributed by atoms with Crippen LogP contribution in [0, 0.1) is 12.3 Å². The zero-order valence-electron chi connectivity index (χ0n) is 15.6. The second-order valence-electron chi connectivity index (χ2n) is 6.17. The van der Waals surface area contributed by atoms with Crippen LogP contribution in [0.2, 0.25) is 10.0 Å². The minimum Gasteiger partial charge on any atom is -0.437 e. The van der Waals surface area contributed by atoms with Gasteiger partial charge in [0.2, 0.25) is 11.8 Å². The molecule has 0 aliphatic rings. The first-order valence-electron chi connectivity index (χ1n) is 8.43. The van der Waals surface area contributed by atoms with Crippen LogP contribution in [0.3, 0.4) is 0 Å². The summed E-state index contributed by atoms with van der Waals surface area (Å²) in [5, 5.41) is 9.45. The predicted octanol–water partition coefficient (Wildman–Crippen LogP) is 5.39. The van der Waals surface area contributed by atoms with Crippen molar-refractivity contribution >= 4 is 40.7 Å². The highest BCUT2D eigenvalue weighted by Gasteiger charge is 2.17. The van der Waals surface area contributed by atoms with Gasteiger partial charge in [-0.15, -0.1) is 0 Å². The number of rotatable bonds is 4. The molecule has 8 heteroatoms. The number of nitrogens with one attached hydrogen (secondary N) is 1. The van der Waals surface area contributed by atoms with Crippen LogP contribution in [0.5, 0.6) is 11.6 Å². The van der Waals surface area contributed by atoms with Crippen molar-refractivity contribution in [3.63, 3.8) is 0 Å². The minimum absolute atomic E-state index is 0.212. The molecule has 3 aromatic rings. The molecule has 3 rings (SSSR count). The summed E-state index contributed by atoms with van der Waals surface area (Å²) in [5.41, 5.74) is 1.70. The van der Waals surface area contributed by atoms with Crippen LogP contribution in [0.15, 0.2) is 54.9 Å². The smallest absolute Gasteiger partial charge is 0.221 e.